The molecule has 0 fully saturated rings. The van der Waals surface area contributed by atoms with Crippen LogP contribution in [0.4, 0.5) is 5.69 Å². The van der Waals surface area contributed by atoms with E-state index in [-0.39, 0.29) is 5.91 Å². The van der Waals surface area contributed by atoms with Crippen LogP contribution >= 0.6 is 11.3 Å². The number of para-hydroxylation sites is 1. The molecule has 1 aromatic carbocycles. The Morgan fingerprint density at radius 3 is 2.79 bits per heavy atom. The number of rotatable bonds is 6. The Hall–Kier alpha value is -1.81. The Bertz CT molecular complexity index is 523. The van der Waals surface area contributed by atoms with Crippen LogP contribution in [0.15, 0.2) is 41.8 Å². The molecular weight excluding hydrogens is 256 g/mol. The van der Waals surface area contributed by atoms with E-state index in [2.05, 4.69) is 22.1 Å². The van der Waals surface area contributed by atoms with E-state index in [1.54, 1.807) is 11.3 Å². The van der Waals surface area contributed by atoms with Gasteiger partial charge in [-0.15, -0.1) is 11.3 Å². The summed E-state index contributed by atoms with van der Waals surface area (Å²) in [7, 11) is 0. The van der Waals surface area contributed by atoms with Crippen molar-refractivity contribution >= 4 is 22.9 Å². The summed E-state index contributed by atoms with van der Waals surface area (Å²) >= 11 is 1.72. The number of nitrogens with one attached hydrogen (secondary N) is 2. The molecule has 0 unspecified atom stereocenters. The van der Waals surface area contributed by atoms with Crippen molar-refractivity contribution in [1.82, 2.24) is 5.32 Å². The number of hydrogen-bond donors (Lipinski definition) is 2. The number of carbonyl (C=O) groups excluding carboxylic acids is 1. The predicted octanol–water partition coefficient (Wildman–Crippen LogP) is 2.83. The molecule has 19 heavy (non-hydrogen) atoms. The number of benzene rings is 1. The van der Waals surface area contributed by atoms with Gasteiger partial charge in [0.25, 0.3) is 0 Å². The summed E-state index contributed by atoms with van der Waals surface area (Å²) in [6, 6.07) is 12.1. The summed E-state index contributed by atoms with van der Waals surface area (Å²) in [4.78, 5) is 13.0. The average Bonchev–Trinajstić information content (AvgIpc) is 2.91. The normalized spacial score (nSPS) is 10.2. The molecule has 4 heteroatoms. The largest absolute Gasteiger partial charge is 0.376 e. The molecule has 0 radical (unpaired) electrons. The first kappa shape index (κ1) is 13.6. The van der Waals surface area contributed by atoms with Crippen molar-refractivity contribution in [2.75, 3.05) is 18.4 Å². The van der Waals surface area contributed by atoms with Crippen LogP contribution in [0.5, 0.6) is 0 Å². The Morgan fingerprint density at radius 2 is 2.05 bits per heavy atom. The first-order valence-electron chi connectivity index (χ1n) is 6.34. The van der Waals surface area contributed by atoms with E-state index in [0.717, 1.165) is 17.7 Å². The van der Waals surface area contributed by atoms with E-state index >= 15 is 0 Å². The third-order valence-electron chi connectivity index (χ3n) is 2.86. The van der Waals surface area contributed by atoms with E-state index in [4.69, 9.17) is 0 Å². The molecule has 2 rings (SSSR count). The smallest absolute Gasteiger partial charge is 0.239 e. The van der Waals surface area contributed by atoms with E-state index in [0.29, 0.717) is 13.1 Å². The summed E-state index contributed by atoms with van der Waals surface area (Å²) in [5.41, 5.74) is 2.16. The van der Waals surface area contributed by atoms with Gasteiger partial charge in [0.15, 0.2) is 0 Å². The Kier molecular flexibility index (Phi) is 4.98. The van der Waals surface area contributed by atoms with Gasteiger partial charge >= 0.3 is 0 Å². The number of anilines is 1. The van der Waals surface area contributed by atoms with Crippen LogP contribution in [0.3, 0.4) is 0 Å². The minimum absolute atomic E-state index is 0.0276. The fourth-order valence-corrected chi connectivity index (χ4v) is 2.50. The molecule has 0 bridgehead atoms. The zero-order valence-corrected chi connectivity index (χ0v) is 11.8. The first-order chi connectivity index (χ1) is 9.25. The first-order valence-corrected chi connectivity index (χ1v) is 7.22. The maximum atomic E-state index is 11.7. The number of hydrogen-bond acceptors (Lipinski definition) is 3. The van der Waals surface area contributed by atoms with Gasteiger partial charge in [-0.05, 0) is 36.4 Å². The van der Waals surface area contributed by atoms with Crippen molar-refractivity contribution in [1.29, 1.82) is 0 Å². The van der Waals surface area contributed by atoms with Gasteiger partial charge in [0, 0.05) is 17.1 Å². The molecule has 3 nitrogen and oxygen atoms in total. The SMILES string of the molecule is Cc1ccccc1NCC(=O)NCCc1cccs1. The number of aryl methyl sites for hydroxylation is 1. The Morgan fingerprint density at radius 1 is 1.21 bits per heavy atom. The predicted molar refractivity (Wildman–Crippen MR) is 80.7 cm³/mol. The average molecular weight is 274 g/mol. The highest BCUT2D eigenvalue weighted by atomic mass is 32.1. The molecule has 1 heterocycles. The van der Waals surface area contributed by atoms with Gasteiger partial charge in [0.1, 0.15) is 0 Å². The third-order valence-corrected chi connectivity index (χ3v) is 3.79. The molecule has 0 saturated heterocycles. The summed E-state index contributed by atoms with van der Waals surface area (Å²) in [6.45, 7) is 3.03. The minimum atomic E-state index is 0.0276. The molecule has 0 saturated carbocycles. The Labute approximate surface area is 117 Å². The van der Waals surface area contributed by atoms with Gasteiger partial charge in [-0.1, -0.05) is 24.3 Å². The van der Waals surface area contributed by atoms with Crippen LogP contribution in [0.2, 0.25) is 0 Å². The highest BCUT2D eigenvalue weighted by Crippen LogP contribution is 2.12. The topological polar surface area (TPSA) is 41.1 Å². The second-order valence-corrected chi connectivity index (χ2v) is 5.38. The molecule has 0 spiro atoms. The number of thiophene rings is 1. The minimum Gasteiger partial charge on any atom is -0.376 e. The van der Waals surface area contributed by atoms with Gasteiger partial charge in [-0.2, -0.15) is 0 Å². The zero-order valence-electron chi connectivity index (χ0n) is 11.0. The van der Waals surface area contributed by atoms with Gasteiger partial charge in [0.05, 0.1) is 6.54 Å². The van der Waals surface area contributed by atoms with Gasteiger partial charge in [-0.3, -0.25) is 4.79 Å². The van der Waals surface area contributed by atoms with Gasteiger partial charge in [-0.25, -0.2) is 0 Å². The Balaban J connectivity index is 1.69. The van der Waals surface area contributed by atoms with Crippen molar-refractivity contribution < 1.29 is 4.79 Å². The molecule has 1 amide bonds. The highest BCUT2D eigenvalue weighted by Gasteiger charge is 2.02. The van der Waals surface area contributed by atoms with Crippen molar-refractivity contribution in [2.45, 2.75) is 13.3 Å². The van der Waals surface area contributed by atoms with Crippen molar-refractivity contribution in [3.8, 4) is 0 Å². The maximum absolute atomic E-state index is 11.7. The molecule has 100 valence electrons. The fourth-order valence-electron chi connectivity index (χ4n) is 1.79. The molecule has 1 aromatic heterocycles. The molecule has 0 aliphatic carbocycles. The van der Waals surface area contributed by atoms with Gasteiger partial charge in [0.2, 0.25) is 5.91 Å². The summed E-state index contributed by atoms with van der Waals surface area (Å²) in [5, 5.41) is 8.12. The fraction of sp³-hybridized carbons (Fsp3) is 0.267. The monoisotopic (exact) mass is 274 g/mol. The lowest BCUT2D eigenvalue weighted by molar-refractivity contribution is -0.119. The van der Waals surface area contributed by atoms with Crippen LogP contribution in [0, 0.1) is 6.92 Å². The number of amides is 1. The lowest BCUT2D eigenvalue weighted by Gasteiger charge is -2.09. The molecular formula is C15H18N2OS. The standard InChI is InChI=1S/C15H18N2OS/c1-12-5-2-3-7-14(12)17-11-15(18)16-9-8-13-6-4-10-19-13/h2-7,10,17H,8-9,11H2,1H3,(H,16,18). The van der Waals surface area contributed by atoms with E-state index in [1.807, 2.05) is 37.3 Å². The second kappa shape index (κ2) is 6.95. The second-order valence-electron chi connectivity index (χ2n) is 4.35. The molecule has 0 aliphatic rings. The van der Waals surface area contributed by atoms with Crippen LogP contribution in [0.1, 0.15) is 10.4 Å². The molecule has 2 aromatic rings. The lowest BCUT2D eigenvalue weighted by atomic mass is 10.2. The summed E-state index contributed by atoms with van der Waals surface area (Å²) in [6.07, 6.45) is 0.897. The molecule has 0 aliphatic heterocycles. The van der Waals surface area contributed by atoms with Crippen LogP contribution in [-0.2, 0) is 11.2 Å². The third kappa shape index (κ3) is 4.41. The summed E-state index contributed by atoms with van der Waals surface area (Å²) in [5.74, 6) is 0.0276. The highest BCUT2D eigenvalue weighted by molar-refractivity contribution is 7.09. The van der Waals surface area contributed by atoms with Crippen molar-refractivity contribution in [2.24, 2.45) is 0 Å². The molecule has 2 N–H and O–H groups in total. The van der Waals surface area contributed by atoms with E-state index < -0.39 is 0 Å². The van der Waals surface area contributed by atoms with Crippen molar-refractivity contribution in [3.63, 3.8) is 0 Å². The van der Waals surface area contributed by atoms with Crippen LogP contribution in [0.25, 0.3) is 0 Å². The summed E-state index contributed by atoms with van der Waals surface area (Å²) < 4.78 is 0. The van der Waals surface area contributed by atoms with Crippen LogP contribution in [-0.4, -0.2) is 19.0 Å². The van der Waals surface area contributed by atoms with E-state index in [1.165, 1.54) is 4.88 Å². The van der Waals surface area contributed by atoms with Gasteiger partial charge < -0.3 is 10.6 Å². The zero-order chi connectivity index (χ0) is 13.5. The lowest BCUT2D eigenvalue weighted by Crippen LogP contribution is -2.31. The molecule has 0 atom stereocenters. The van der Waals surface area contributed by atoms with Crippen molar-refractivity contribution in [3.05, 3.63) is 52.2 Å². The number of carbonyl (C=O) groups is 1. The van der Waals surface area contributed by atoms with Crippen LogP contribution < -0.4 is 10.6 Å². The quantitative estimate of drug-likeness (QED) is 0.850. The maximum Gasteiger partial charge on any atom is 0.239 e. The van der Waals surface area contributed by atoms with E-state index in [9.17, 15) is 4.79 Å².